The molecule has 0 bridgehead atoms. The normalized spacial score (nSPS) is 15.8. The van der Waals surface area contributed by atoms with Gasteiger partial charge >= 0.3 is 5.97 Å². The smallest absolute Gasteiger partial charge is 0.308 e. The molecule has 1 unspecified atom stereocenters. The Morgan fingerprint density at radius 2 is 1.87 bits per heavy atom. The summed E-state index contributed by atoms with van der Waals surface area (Å²) in [6.45, 7) is 0.855. The number of carbonyl (C=O) groups excluding carboxylic acids is 3. The number of esters is 1. The number of amides is 2. The number of carbonyl (C=O) groups is 3. The van der Waals surface area contributed by atoms with Gasteiger partial charge in [0.15, 0.2) is 5.11 Å². The lowest BCUT2D eigenvalue weighted by Crippen LogP contribution is -2.60. The van der Waals surface area contributed by atoms with Crippen LogP contribution in [0.4, 0.5) is 0 Å². The molecule has 0 saturated carbocycles. The zero-order valence-corrected chi connectivity index (χ0v) is 18.4. The monoisotopic (exact) mass is 489 g/mol. The third kappa shape index (κ3) is 5.64. The molecule has 1 aliphatic rings. The molecule has 1 saturated heterocycles. The molecule has 0 aliphatic carbocycles. The summed E-state index contributed by atoms with van der Waals surface area (Å²) in [6, 6.07) is 15.4. The van der Waals surface area contributed by atoms with Crippen molar-refractivity contribution in [3.63, 3.8) is 0 Å². The summed E-state index contributed by atoms with van der Waals surface area (Å²) in [4.78, 5) is 38.8. The maximum atomic E-state index is 12.5. The molecule has 0 radical (unpaired) electrons. The molecule has 30 heavy (non-hydrogen) atoms. The molecule has 1 atom stereocenters. The van der Waals surface area contributed by atoms with Crippen molar-refractivity contribution in [2.45, 2.75) is 19.1 Å². The van der Waals surface area contributed by atoms with E-state index in [9.17, 15) is 14.4 Å². The Morgan fingerprint density at radius 1 is 1.17 bits per heavy atom. The number of thiocarbonyl (C=S) groups is 1. The number of halogens is 1. The second kappa shape index (κ2) is 10.3. The molecule has 1 fully saturated rings. The minimum absolute atomic E-state index is 0.0893. The Morgan fingerprint density at radius 3 is 2.60 bits per heavy atom. The van der Waals surface area contributed by atoms with Crippen LogP contribution in [0.5, 0.6) is 0 Å². The van der Waals surface area contributed by atoms with Crippen LogP contribution in [0.15, 0.2) is 59.1 Å². The average molecular weight is 490 g/mol. The maximum Gasteiger partial charge on any atom is 0.308 e. The summed E-state index contributed by atoms with van der Waals surface area (Å²) in [5, 5.41) is 5.46. The highest BCUT2D eigenvalue weighted by atomic mass is 79.9. The predicted octanol–water partition coefficient (Wildman–Crippen LogP) is 2.40. The zero-order valence-electron chi connectivity index (χ0n) is 16.0. The van der Waals surface area contributed by atoms with E-state index in [1.807, 2.05) is 30.3 Å². The molecule has 1 aliphatic heterocycles. The lowest BCUT2D eigenvalue weighted by molar-refractivity contribution is -0.148. The fourth-order valence-corrected chi connectivity index (χ4v) is 3.77. The van der Waals surface area contributed by atoms with Gasteiger partial charge in [-0.25, -0.2) is 0 Å². The van der Waals surface area contributed by atoms with Crippen LogP contribution >= 0.6 is 28.1 Å². The van der Waals surface area contributed by atoms with Crippen molar-refractivity contribution in [3.8, 4) is 0 Å². The molecular formula is C21H20BrN3O4S. The van der Waals surface area contributed by atoms with Crippen LogP contribution < -0.4 is 10.6 Å². The van der Waals surface area contributed by atoms with E-state index in [-0.39, 0.29) is 24.0 Å². The Kier molecular flexibility index (Phi) is 7.53. The van der Waals surface area contributed by atoms with Gasteiger partial charge < -0.3 is 15.0 Å². The molecular weight excluding hydrogens is 470 g/mol. The van der Waals surface area contributed by atoms with Gasteiger partial charge in [0, 0.05) is 17.6 Å². The van der Waals surface area contributed by atoms with Gasteiger partial charge in [-0.15, -0.1) is 0 Å². The number of rotatable bonds is 5. The van der Waals surface area contributed by atoms with Crippen molar-refractivity contribution in [3.05, 3.63) is 70.2 Å². The fourth-order valence-electron chi connectivity index (χ4n) is 3.00. The van der Waals surface area contributed by atoms with Crippen LogP contribution in [-0.2, 0) is 20.9 Å². The van der Waals surface area contributed by atoms with Crippen LogP contribution in [0.3, 0.4) is 0 Å². The van der Waals surface area contributed by atoms with E-state index in [4.69, 9.17) is 17.0 Å². The molecule has 2 aromatic rings. The van der Waals surface area contributed by atoms with Crippen LogP contribution in [-0.4, -0.2) is 46.9 Å². The second-order valence-electron chi connectivity index (χ2n) is 6.59. The van der Waals surface area contributed by atoms with E-state index >= 15 is 0 Å². The molecule has 2 amide bonds. The number of nitrogens with one attached hydrogen (secondary N) is 2. The van der Waals surface area contributed by atoms with Crippen molar-refractivity contribution in [2.75, 3.05) is 13.1 Å². The van der Waals surface area contributed by atoms with Crippen LogP contribution in [0, 0.1) is 0 Å². The molecule has 3 rings (SSSR count). The lowest BCUT2D eigenvalue weighted by atomic mass is 10.1. The Bertz CT molecular complexity index is 954. The maximum absolute atomic E-state index is 12.5. The highest BCUT2D eigenvalue weighted by molar-refractivity contribution is 9.10. The van der Waals surface area contributed by atoms with Gasteiger partial charge in [0.05, 0.1) is 12.0 Å². The molecule has 0 aromatic heterocycles. The van der Waals surface area contributed by atoms with E-state index in [0.29, 0.717) is 23.1 Å². The predicted molar refractivity (Wildman–Crippen MR) is 119 cm³/mol. The van der Waals surface area contributed by atoms with Crippen LogP contribution in [0.2, 0.25) is 0 Å². The first-order valence-electron chi connectivity index (χ1n) is 9.29. The molecule has 7 nitrogen and oxygen atoms in total. The van der Waals surface area contributed by atoms with Gasteiger partial charge in [0.25, 0.3) is 5.91 Å². The minimum Gasteiger partial charge on any atom is -0.461 e. The first-order chi connectivity index (χ1) is 14.5. The molecule has 1 heterocycles. The molecule has 9 heteroatoms. The Labute approximate surface area is 187 Å². The Hall–Kier alpha value is -2.78. The standard InChI is InChI=1S/C21H20BrN3O4S/c22-16-9-5-4-8-15(16)19(27)24-21(30)25-11-10-23-20(28)17(25)12-18(26)29-13-14-6-2-1-3-7-14/h1-9,17H,10-13H2,(H,23,28)(H,24,27,30). The third-order valence-corrected chi connectivity index (χ3v) is 5.56. The van der Waals surface area contributed by atoms with Crippen molar-refractivity contribution in [2.24, 2.45) is 0 Å². The SMILES string of the molecule is O=C(CC1C(=O)NCCN1C(=S)NC(=O)c1ccccc1Br)OCc1ccccc1. The van der Waals surface area contributed by atoms with E-state index in [1.54, 1.807) is 29.2 Å². The van der Waals surface area contributed by atoms with Gasteiger partial charge in [-0.05, 0) is 45.8 Å². The van der Waals surface area contributed by atoms with Gasteiger partial charge in [-0.2, -0.15) is 0 Å². The van der Waals surface area contributed by atoms with Crippen molar-refractivity contribution >= 4 is 51.0 Å². The van der Waals surface area contributed by atoms with E-state index in [0.717, 1.165) is 5.56 Å². The fraction of sp³-hybridized carbons (Fsp3) is 0.238. The highest BCUT2D eigenvalue weighted by Crippen LogP contribution is 2.16. The van der Waals surface area contributed by atoms with Crippen molar-refractivity contribution in [1.29, 1.82) is 0 Å². The van der Waals surface area contributed by atoms with Crippen molar-refractivity contribution < 1.29 is 19.1 Å². The number of benzene rings is 2. The first-order valence-corrected chi connectivity index (χ1v) is 10.5. The number of nitrogens with zero attached hydrogens (tertiary/aromatic N) is 1. The number of ether oxygens (including phenoxy) is 1. The molecule has 2 N–H and O–H groups in total. The van der Waals surface area contributed by atoms with Gasteiger partial charge in [0.1, 0.15) is 12.6 Å². The van der Waals surface area contributed by atoms with Crippen LogP contribution in [0.1, 0.15) is 22.3 Å². The summed E-state index contributed by atoms with van der Waals surface area (Å²) >= 11 is 8.69. The summed E-state index contributed by atoms with van der Waals surface area (Å²) in [5.74, 6) is -1.26. The average Bonchev–Trinajstić information content (AvgIpc) is 2.74. The van der Waals surface area contributed by atoms with Crippen LogP contribution in [0.25, 0.3) is 0 Å². The summed E-state index contributed by atoms with van der Waals surface area (Å²) in [5.41, 5.74) is 1.27. The van der Waals surface area contributed by atoms with E-state index < -0.39 is 17.9 Å². The molecule has 156 valence electrons. The molecule has 2 aromatic carbocycles. The number of piperazine rings is 1. The second-order valence-corrected chi connectivity index (χ2v) is 7.83. The molecule has 0 spiro atoms. The van der Waals surface area contributed by atoms with Gasteiger partial charge in [-0.1, -0.05) is 42.5 Å². The van der Waals surface area contributed by atoms with Gasteiger partial charge in [-0.3, -0.25) is 19.7 Å². The quantitative estimate of drug-likeness (QED) is 0.495. The van der Waals surface area contributed by atoms with Gasteiger partial charge in [0.2, 0.25) is 5.91 Å². The van der Waals surface area contributed by atoms with E-state index in [2.05, 4.69) is 26.6 Å². The number of hydrogen-bond acceptors (Lipinski definition) is 5. The summed E-state index contributed by atoms with van der Waals surface area (Å²) in [7, 11) is 0. The highest BCUT2D eigenvalue weighted by Gasteiger charge is 2.34. The number of hydrogen-bond donors (Lipinski definition) is 2. The first kappa shape index (κ1) is 21.9. The third-order valence-electron chi connectivity index (χ3n) is 4.53. The zero-order chi connectivity index (χ0) is 21.5. The largest absolute Gasteiger partial charge is 0.461 e. The van der Waals surface area contributed by atoms with E-state index in [1.165, 1.54) is 0 Å². The lowest BCUT2D eigenvalue weighted by Gasteiger charge is -2.36. The summed E-state index contributed by atoms with van der Waals surface area (Å²) in [6.07, 6.45) is -0.177. The Balaban J connectivity index is 1.62. The van der Waals surface area contributed by atoms with Crippen molar-refractivity contribution in [1.82, 2.24) is 15.5 Å². The topological polar surface area (TPSA) is 87.7 Å². The minimum atomic E-state index is -0.853. The summed E-state index contributed by atoms with van der Waals surface area (Å²) < 4.78 is 5.92.